The first-order valence-corrected chi connectivity index (χ1v) is 7.76. The third-order valence-corrected chi connectivity index (χ3v) is 4.48. The van der Waals surface area contributed by atoms with Gasteiger partial charge < -0.3 is 5.11 Å². The highest BCUT2D eigenvalue weighted by molar-refractivity contribution is 6.09. The Morgan fingerprint density at radius 1 is 1.25 bits per heavy atom. The van der Waals surface area contributed by atoms with E-state index in [1.54, 1.807) is 19.1 Å². The molecule has 1 aliphatic rings. The minimum absolute atomic E-state index is 0.0931. The monoisotopic (exact) mass is 343 g/mol. The molecule has 2 rings (SSSR count). The molecule has 1 aromatic carbocycles. The minimum Gasteiger partial charge on any atom is -0.391 e. The Morgan fingerprint density at radius 2 is 1.83 bits per heavy atom. The van der Waals surface area contributed by atoms with Crippen molar-refractivity contribution in [1.29, 1.82) is 0 Å². The molecule has 0 aromatic heterocycles. The Kier molecular flexibility index (Phi) is 5.03. The molecule has 4 nitrogen and oxygen atoms in total. The second kappa shape index (κ2) is 6.55. The second-order valence-electron chi connectivity index (χ2n) is 6.26. The molecule has 0 aliphatic carbocycles. The van der Waals surface area contributed by atoms with Gasteiger partial charge in [-0.15, -0.1) is 0 Å². The van der Waals surface area contributed by atoms with Crippen molar-refractivity contribution in [1.82, 2.24) is 4.90 Å². The molecule has 0 spiro atoms. The summed E-state index contributed by atoms with van der Waals surface area (Å²) in [5.41, 5.74) is 0.601. The lowest BCUT2D eigenvalue weighted by Crippen LogP contribution is -2.42. The third kappa shape index (κ3) is 3.61. The number of carbonyl (C=O) groups is 2. The average molecular weight is 343 g/mol. The van der Waals surface area contributed by atoms with E-state index in [-0.39, 0.29) is 6.42 Å². The Morgan fingerprint density at radius 3 is 2.33 bits per heavy atom. The Bertz CT molecular complexity index is 627. The molecule has 1 fully saturated rings. The van der Waals surface area contributed by atoms with E-state index < -0.39 is 42.5 Å². The summed E-state index contributed by atoms with van der Waals surface area (Å²) < 4.78 is 37.0. The number of hydrogen-bond donors (Lipinski definition) is 1. The van der Waals surface area contributed by atoms with Gasteiger partial charge in [0.25, 0.3) is 0 Å². The number of aliphatic hydroxyl groups is 1. The zero-order chi connectivity index (χ0) is 18.1. The summed E-state index contributed by atoms with van der Waals surface area (Å²) in [7, 11) is 0. The maximum atomic E-state index is 12.8. The van der Waals surface area contributed by atoms with Crippen molar-refractivity contribution in [2.24, 2.45) is 0 Å². The molecule has 1 N–H and O–H groups in total. The smallest absolute Gasteiger partial charge is 0.391 e. The molecule has 1 heterocycles. The number of imide groups is 1. The van der Waals surface area contributed by atoms with Gasteiger partial charge in [-0.1, -0.05) is 36.8 Å². The molecule has 24 heavy (non-hydrogen) atoms. The second-order valence-corrected chi connectivity index (χ2v) is 6.26. The van der Waals surface area contributed by atoms with Gasteiger partial charge in [0.1, 0.15) is 0 Å². The van der Waals surface area contributed by atoms with E-state index in [0.717, 1.165) is 10.5 Å². The van der Waals surface area contributed by atoms with Gasteiger partial charge in [-0.25, -0.2) is 0 Å². The van der Waals surface area contributed by atoms with Gasteiger partial charge in [0.2, 0.25) is 11.8 Å². The quantitative estimate of drug-likeness (QED) is 0.837. The van der Waals surface area contributed by atoms with Crippen molar-refractivity contribution in [3.05, 3.63) is 35.4 Å². The molecule has 2 unspecified atom stereocenters. The molecule has 132 valence electrons. The molecular weight excluding hydrogens is 323 g/mol. The largest absolute Gasteiger partial charge is 0.391 e. The van der Waals surface area contributed by atoms with Crippen molar-refractivity contribution < 1.29 is 27.9 Å². The molecule has 1 aromatic rings. The number of carbonyl (C=O) groups excluding carboxylic acids is 2. The van der Waals surface area contributed by atoms with Crippen LogP contribution in [0, 0.1) is 6.92 Å². The number of hydrogen-bond acceptors (Lipinski definition) is 3. The number of amides is 2. The van der Waals surface area contributed by atoms with Crippen LogP contribution in [0.3, 0.4) is 0 Å². The first-order valence-electron chi connectivity index (χ1n) is 7.76. The molecular formula is C17H20F3NO3. The van der Waals surface area contributed by atoms with Crippen LogP contribution in [-0.2, 0) is 15.0 Å². The highest BCUT2D eigenvalue weighted by Gasteiger charge is 2.52. The fourth-order valence-corrected chi connectivity index (χ4v) is 3.11. The predicted molar refractivity (Wildman–Crippen MR) is 81.2 cm³/mol. The zero-order valence-corrected chi connectivity index (χ0v) is 13.6. The van der Waals surface area contributed by atoms with Crippen molar-refractivity contribution in [2.45, 2.75) is 50.8 Å². The first-order chi connectivity index (χ1) is 11.1. The number of aliphatic hydroxyl groups excluding tert-OH is 1. The van der Waals surface area contributed by atoms with Crippen molar-refractivity contribution in [3.63, 3.8) is 0 Å². The van der Waals surface area contributed by atoms with Crippen LogP contribution in [0.4, 0.5) is 13.2 Å². The van der Waals surface area contributed by atoms with Crippen molar-refractivity contribution in [2.75, 3.05) is 6.54 Å². The summed E-state index contributed by atoms with van der Waals surface area (Å²) >= 11 is 0. The average Bonchev–Trinajstić information content (AvgIpc) is 2.71. The molecule has 1 aliphatic heterocycles. The van der Waals surface area contributed by atoms with Crippen LogP contribution in [0.2, 0.25) is 0 Å². The highest BCUT2D eigenvalue weighted by Crippen LogP contribution is 2.40. The molecule has 1 saturated heterocycles. The standard InChI is InChI=1S/C17H20F3NO3/c1-3-16(12-6-4-11(2)5-7-12)9-14(23)21(15(16)24)10-13(22)8-17(18,19)20/h4-7,13,22H,3,8-10H2,1-2H3. The number of nitrogens with zero attached hydrogens (tertiary/aromatic N) is 1. The molecule has 0 radical (unpaired) electrons. The Labute approximate surface area is 138 Å². The number of alkyl halides is 3. The number of aryl methyl sites for hydroxylation is 1. The summed E-state index contributed by atoms with van der Waals surface area (Å²) in [6, 6.07) is 7.18. The lowest BCUT2D eigenvalue weighted by atomic mass is 9.76. The predicted octanol–water partition coefficient (Wildman–Crippen LogP) is 2.72. The Balaban J connectivity index is 2.24. The van der Waals surface area contributed by atoms with E-state index in [2.05, 4.69) is 0 Å². The number of rotatable bonds is 5. The van der Waals surface area contributed by atoms with E-state index in [1.165, 1.54) is 0 Å². The summed E-state index contributed by atoms with van der Waals surface area (Å²) in [4.78, 5) is 25.7. The fourth-order valence-electron chi connectivity index (χ4n) is 3.11. The summed E-state index contributed by atoms with van der Waals surface area (Å²) in [6.07, 6.45) is -7.56. The van der Waals surface area contributed by atoms with Crippen molar-refractivity contribution >= 4 is 11.8 Å². The van der Waals surface area contributed by atoms with Gasteiger partial charge in [-0.3, -0.25) is 14.5 Å². The maximum Gasteiger partial charge on any atom is 0.391 e. The van der Waals surface area contributed by atoms with Gasteiger partial charge in [0, 0.05) is 6.42 Å². The van der Waals surface area contributed by atoms with Gasteiger partial charge in [-0.2, -0.15) is 13.2 Å². The number of benzene rings is 1. The van der Waals surface area contributed by atoms with Crippen LogP contribution in [0.25, 0.3) is 0 Å². The van der Waals surface area contributed by atoms with Gasteiger partial charge >= 0.3 is 6.18 Å². The summed E-state index contributed by atoms with van der Waals surface area (Å²) in [5.74, 6) is -1.09. The van der Waals surface area contributed by atoms with Crippen LogP contribution in [0.15, 0.2) is 24.3 Å². The lowest BCUT2D eigenvalue weighted by Gasteiger charge is -2.27. The summed E-state index contributed by atoms with van der Waals surface area (Å²) in [5, 5.41) is 9.56. The first kappa shape index (κ1) is 18.4. The Hall–Kier alpha value is -1.89. The fraction of sp³-hybridized carbons (Fsp3) is 0.529. The SMILES string of the molecule is CCC1(c2ccc(C)cc2)CC(=O)N(CC(O)CC(F)(F)F)C1=O. The van der Waals surface area contributed by atoms with Crippen LogP contribution in [-0.4, -0.2) is 40.6 Å². The van der Waals surface area contributed by atoms with Crippen molar-refractivity contribution in [3.8, 4) is 0 Å². The minimum atomic E-state index is -4.55. The number of β-amino-alcohol motifs (C(OH)–C–C–N with tert-alkyl or cyclic N) is 1. The zero-order valence-electron chi connectivity index (χ0n) is 13.6. The normalized spacial score (nSPS) is 23.0. The van der Waals surface area contributed by atoms with Crippen LogP contribution in [0.1, 0.15) is 37.3 Å². The highest BCUT2D eigenvalue weighted by atomic mass is 19.4. The van der Waals surface area contributed by atoms with E-state index in [9.17, 15) is 27.9 Å². The van der Waals surface area contributed by atoms with Crippen LogP contribution < -0.4 is 0 Å². The number of likely N-dealkylation sites (tertiary alicyclic amines) is 1. The van der Waals surface area contributed by atoms with E-state index >= 15 is 0 Å². The molecule has 0 saturated carbocycles. The van der Waals surface area contributed by atoms with Gasteiger partial charge in [0.15, 0.2) is 0 Å². The van der Waals surface area contributed by atoms with E-state index in [0.29, 0.717) is 12.0 Å². The number of halogens is 3. The van der Waals surface area contributed by atoms with E-state index in [4.69, 9.17) is 0 Å². The topological polar surface area (TPSA) is 57.6 Å². The molecule has 2 amide bonds. The van der Waals surface area contributed by atoms with Crippen LogP contribution in [0.5, 0.6) is 0 Å². The molecule has 2 atom stereocenters. The lowest BCUT2D eigenvalue weighted by molar-refractivity contribution is -0.160. The van der Waals surface area contributed by atoms with Gasteiger partial charge in [-0.05, 0) is 18.9 Å². The maximum absolute atomic E-state index is 12.8. The molecule has 7 heteroatoms. The third-order valence-electron chi connectivity index (χ3n) is 4.48. The van der Waals surface area contributed by atoms with E-state index in [1.807, 2.05) is 19.1 Å². The molecule has 0 bridgehead atoms. The summed E-state index contributed by atoms with van der Waals surface area (Å²) in [6.45, 7) is 3.02. The van der Waals surface area contributed by atoms with Crippen LogP contribution >= 0.6 is 0 Å². The van der Waals surface area contributed by atoms with Gasteiger partial charge in [0.05, 0.1) is 24.5 Å².